The fraction of sp³-hybridized carbons (Fsp3) is 0.500. The number of nitrogen functional groups attached to an aromatic ring is 1. The van der Waals surface area contributed by atoms with Gasteiger partial charge in [-0.1, -0.05) is 30.0 Å². The van der Waals surface area contributed by atoms with E-state index in [1.165, 1.54) is 23.1 Å². The number of carbonyl (C=O) groups is 1. The number of nitrogens with zero attached hydrogens (tertiary/aromatic N) is 1. The van der Waals surface area contributed by atoms with Crippen molar-refractivity contribution in [2.24, 2.45) is 5.84 Å². The Hall–Kier alpha value is -0.790. The second kappa shape index (κ2) is 5.34. The molecule has 0 saturated heterocycles. The highest BCUT2D eigenvalue weighted by atomic mass is 32.2. The van der Waals surface area contributed by atoms with Gasteiger partial charge in [-0.3, -0.25) is 10.2 Å². The zero-order valence-corrected chi connectivity index (χ0v) is 10.2. The van der Waals surface area contributed by atoms with Crippen LogP contribution in [0.4, 0.5) is 5.13 Å². The molecule has 1 aromatic heterocycles. The quantitative estimate of drug-likeness (QED) is 0.317. The van der Waals surface area contributed by atoms with E-state index >= 15 is 0 Å². The molecule has 0 aliphatic rings. The molecule has 1 aromatic rings. The number of hydrogen-bond acceptors (Lipinski definition) is 6. The minimum Gasteiger partial charge on any atom is -0.375 e. The lowest BCUT2D eigenvalue weighted by molar-refractivity contribution is -0.120. The SMILES string of the molecule is CCC(Sc1sc(N)nc1C)C(=O)NN. The predicted octanol–water partition coefficient (Wildman–Crippen LogP) is 0.894. The molecule has 0 aromatic carbocycles. The largest absolute Gasteiger partial charge is 0.375 e. The fourth-order valence-electron chi connectivity index (χ4n) is 1.06. The van der Waals surface area contributed by atoms with Crippen molar-refractivity contribution >= 4 is 34.1 Å². The summed E-state index contributed by atoms with van der Waals surface area (Å²) in [6, 6.07) is 0. The Labute approximate surface area is 96.6 Å². The lowest BCUT2D eigenvalue weighted by Crippen LogP contribution is -2.37. The van der Waals surface area contributed by atoms with E-state index in [1.807, 2.05) is 13.8 Å². The Morgan fingerprint density at radius 2 is 2.40 bits per heavy atom. The van der Waals surface area contributed by atoms with E-state index in [1.54, 1.807) is 0 Å². The molecule has 5 N–H and O–H groups in total. The average molecular weight is 246 g/mol. The highest BCUT2D eigenvalue weighted by Gasteiger charge is 2.19. The van der Waals surface area contributed by atoms with Crippen LogP contribution in [0.3, 0.4) is 0 Å². The summed E-state index contributed by atoms with van der Waals surface area (Å²) in [6.45, 7) is 3.81. The van der Waals surface area contributed by atoms with Gasteiger partial charge >= 0.3 is 0 Å². The summed E-state index contributed by atoms with van der Waals surface area (Å²) in [5, 5.41) is 0.339. The zero-order valence-electron chi connectivity index (χ0n) is 8.61. The summed E-state index contributed by atoms with van der Waals surface area (Å²) in [5.74, 6) is 4.92. The third-order valence-electron chi connectivity index (χ3n) is 1.83. The Morgan fingerprint density at radius 1 is 1.73 bits per heavy atom. The predicted molar refractivity (Wildman–Crippen MR) is 63.5 cm³/mol. The summed E-state index contributed by atoms with van der Waals surface area (Å²) >= 11 is 2.85. The van der Waals surface area contributed by atoms with Gasteiger partial charge in [0, 0.05) is 0 Å². The summed E-state index contributed by atoms with van der Waals surface area (Å²) in [4.78, 5) is 15.5. The minimum absolute atomic E-state index is 0.172. The molecule has 1 rings (SSSR count). The number of nitrogens with two attached hydrogens (primary N) is 2. The summed E-state index contributed by atoms with van der Waals surface area (Å²) in [6.07, 6.45) is 0.713. The monoisotopic (exact) mass is 246 g/mol. The maximum Gasteiger partial charge on any atom is 0.247 e. The zero-order chi connectivity index (χ0) is 11.4. The molecule has 7 heteroatoms. The van der Waals surface area contributed by atoms with Crippen LogP contribution in [-0.2, 0) is 4.79 Å². The van der Waals surface area contributed by atoms with Crippen LogP contribution in [0, 0.1) is 6.92 Å². The van der Waals surface area contributed by atoms with Crippen molar-refractivity contribution < 1.29 is 4.79 Å². The van der Waals surface area contributed by atoms with Crippen LogP contribution in [0.5, 0.6) is 0 Å². The number of hydrazine groups is 1. The fourth-order valence-corrected chi connectivity index (χ4v) is 3.24. The lowest BCUT2D eigenvalue weighted by Gasteiger charge is -2.10. The minimum atomic E-state index is -0.187. The van der Waals surface area contributed by atoms with Gasteiger partial charge in [0.15, 0.2) is 5.13 Å². The lowest BCUT2D eigenvalue weighted by atomic mass is 10.3. The smallest absolute Gasteiger partial charge is 0.247 e. The molecule has 1 atom stereocenters. The van der Waals surface area contributed by atoms with E-state index in [0.29, 0.717) is 11.6 Å². The normalized spacial score (nSPS) is 12.5. The van der Waals surface area contributed by atoms with Crippen molar-refractivity contribution in [3.05, 3.63) is 5.69 Å². The number of hydrogen-bond donors (Lipinski definition) is 3. The first-order valence-corrected chi connectivity index (χ1v) is 6.18. The van der Waals surface area contributed by atoms with Gasteiger partial charge in [0.05, 0.1) is 15.2 Å². The molecule has 1 amide bonds. The molecule has 1 unspecified atom stereocenters. The number of nitrogens with one attached hydrogen (secondary N) is 1. The van der Waals surface area contributed by atoms with E-state index in [4.69, 9.17) is 11.6 Å². The molecule has 0 spiro atoms. The first-order chi connectivity index (χ1) is 7.08. The Bertz CT molecular complexity index is 352. The third kappa shape index (κ3) is 3.08. The van der Waals surface area contributed by atoms with Crippen LogP contribution in [-0.4, -0.2) is 16.1 Å². The number of anilines is 1. The van der Waals surface area contributed by atoms with Crippen molar-refractivity contribution in [2.75, 3.05) is 5.73 Å². The number of amides is 1. The van der Waals surface area contributed by atoms with Crippen molar-refractivity contribution in [3.8, 4) is 0 Å². The number of rotatable bonds is 4. The molecule has 5 nitrogen and oxygen atoms in total. The molecular weight excluding hydrogens is 232 g/mol. The van der Waals surface area contributed by atoms with E-state index in [9.17, 15) is 4.79 Å². The molecule has 0 aliphatic heterocycles. The molecule has 0 aliphatic carbocycles. The van der Waals surface area contributed by atoms with E-state index in [2.05, 4.69) is 10.4 Å². The van der Waals surface area contributed by atoms with Crippen LogP contribution in [0.25, 0.3) is 0 Å². The highest BCUT2D eigenvalue weighted by molar-refractivity contribution is 8.02. The van der Waals surface area contributed by atoms with Crippen LogP contribution in [0.1, 0.15) is 19.0 Å². The van der Waals surface area contributed by atoms with Crippen molar-refractivity contribution in [2.45, 2.75) is 29.7 Å². The average Bonchev–Trinajstić information content (AvgIpc) is 2.52. The maximum atomic E-state index is 11.4. The topological polar surface area (TPSA) is 94.0 Å². The van der Waals surface area contributed by atoms with Crippen molar-refractivity contribution in [1.29, 1.82) is 0 Å². The second-order valence-corrected chi connectivity index (χ2v) is 5.45. The molecule has 84 valence electrons. The van der Waals surface area contributed by atoms with Gasteiger partial charge in [0.2, 0.25) is 5.91 Å². The molecule has 0 bridgehead atoms. The van der Waals surface area contributed by atoms with Crippen molar-refractivity contribution in [3.63, 3.8) is 0 Å². The van der Waals surface area contributed by atoms with Gasteiger partial charge in [0.1, 0.15) is 0 Å². The van der Waals surface area contributed by atoms with Crippen LogP contribution >= 0.6 is 23.1 Å². The van der Waals surface area contributed by atoms with Gasteiger partial charge in [-0.15, -0.1) is 0 Å². The van der Waals surface area contributed by atoms with E-state index < -0.39 is 0 Å². The molecule has 0 saturated carbocycles. The Kier molecular flexibility index (Phi) is 4.37. The first kappa shape index (κ1) is 12.3. The maximum absolute atomic E-state index is 11.4. The third-order valence-corrected chi connectivity index (χ3v) is 4.49. The van der Waals surface area contributed by atoms with Crippen LogP contribution in [0.15, 0.2) is 4.21 Å². The number of thiazole rings is 1. The summed E-state index contributed by atoms with van der Waals surface area (Å²) in [7, 11) is 0. The van der Waals surface area contributed by atoms with Gasteiger partial charge in [0.25, 0.3) is 0 Å². The van der Waals surface area contributed by atoms with Gasteiger partial charge < -0.3 is 5.73 Å². The molecular formula is C8H14N4OS2. The summed E-state index contributed by atoms with van der Waals surface area (Å²) in [5.41, 5.74) is 8.60. The first-order valence-electron chi connectivity index (χ1n) is 4.48. The number of thioether (sulfide) groups is 1. The van der Waals surface area contributed by atoms with Gasteiger partial charge in [-0.05, 0) is 13.3 Å². The van der Waals surface area contributed by atoms with Gasteiger partial charge in [-0.25, -0.2) is 10.8 Å². The standard InChI is InChI=1S/C8H14N4OS2/c1-3-5(6(13)12-10)14-7-4(2)11-8(9)15-7/h5H,3,10H2,1-2H3,(H2,9,11)(H,12,13). The molecule has 0 fully saturated rings. The van der Waals surface area contributed by atoms with Gasteiger partial charge in [-0.2, -0.15) is 0 Å². The molecule has 15 heavy (non-hydrogen) atoms. The van der Waals surface area contributed by atoms with Crippen molar-refractivity contribution in [1.82, 2.24) is 10.4 Å². The Morgan fingerprint density at radius 3 is 2.80 bits per heavy atom. The number of aryl methyl sites for hydroxylation is 1. The van der Waals surface area contributed by atoms with E-state index in [-0.39, 0.29) is 11.2 Å². The molecule has 0 radical (unpaired) electrons. The van der Waals surface area contributed by atoms with Crippen LogP contribution < -0.4 is 17.0 Å². The van der Waals surface area contributed by atoms with E-state index in [0.717, 1.165) is 9.90 Å². The second-order valence-electron chi connectivity index (χ2n) is 2.95. The van der Waals surface area contributed by atoms with Crippen LogP contribution in [0.2, 0.25) is 0 Å². The highest BCUT2D eigenvalue weighted by Crippen LogP contribution is 2.34. The number of carbonyl (C=O) groups excluding carboxylic acids is 1. The number of aromatic nitrogens is 1. The summed E-state index contributed by atoms with van der Waals surface area (Å²) < 4.78 is 0.975. The Balaban J connectivity index is 2.74. The molecule has 1 heterocycles.